The zero-order chi connectivity index (χ0) is 15.8. The number of carbonyl (C=O) groups excluding carboxylic acids is 2. The van der Waals surface area contributed by atoms with Crippen molar-refractivity contribution in [3.8, 4) is 0 Å². The van der Waals surface area contributed by atoms with Crippen molar-refractivity contribution in [3.63, 3.8) is 0 Å². The van der Waals surface area contributed by atoms with Gasteiger partial charge in [-0.3, -0.25) is 9.59 Å². The van der Waals surface area contributed by atoms with E-state index < -0.39 is 10.8 Å². The highest BCUT2D eigenvalue weighted by molar-refractivity contribution is 5.88. The van der Waals surface area contributed by atoms with Crippen LogP contribution in [0.2, 0.25) is 0 Å². The molecule has 1 N–H and O–H groups in total. The summed E-state index contributed by atoms with van der Waals surface area (Å²) in [5.41, 5.74) is -0.307. The first-order valence-corrected chi connectivity index (χ1v) is 7.17. The standard InChI is InChI=1S/C17H23NO3/c1-16(2)12(11-9-7-6-8-10-11)13(18-14(16)19)17(3,4)15(20)21-5/h6-10,12-13H,1-5H3,(H,18,19)/t12-,13+/m1/s1. The van der Waals surface area contributed by atoms with Crippen LogP contribution in [0.3, 0.4) is 0 Å². The van der Waals surface area contributed by atoms with Gasteiger partial charge in [-0.05, 0) is 19.4 Å². The number of amides is 1. The van der Waals surface area contributed by atoms with Crippen molar-refractivity contribution in [1.82, 2.24) is 5.32 Å². The third kappa shape index (κ3) is 2.43. The van der Waals surface area contributed by atoms with Gasteiger partial charge in [0.1, 0.15) is 0 Å². The van der Waals surface area contributed by atoms with Crippen LogP contribution in [0.1, 0.15) is 39.2 Å². The predicted molar refractivity (Wildman–Crippen MR) is 80.7 cm³/mol. The highest BCUT2D eigenvalue weighted by Crippen LogP contribution is 2.48. The Morgan fingerprint density at radius 2 is 1.81 bits per heavy atom. The average molecular weight is 289 g/mol. The highest BCUT2D eigenvalue weighted by Gasteiger charge is 2.56. The summed E-state index contributed by atoms with van der Waals surface area (Å²) in [6.45, 7) is 7.49. The van der Waals surface area contributed by atoms with Gasteiger partial charge in [-0.1, -0.05) is 44.2 Å². The molecule has 1 aromatic rings. The first kappa shape index (κ1) is 15.5. The molecule has 1 heterocycles. The summed E-state index contributed by atoms with van der Waals surface area (Å²) in [5, 5.41) is 3.01. The maximum absolute atomic E-state index is 12.4. The molecular formula is C17H23NO3. The number of benzene rings is 1. The third-order valence-electron chi connectivity index (χ3n) is 4.63. The van der Waals surface area contributed by atoms with Crippen molar-refractivity contribution >= 4 is 11.9 Å². The number of rotatable bonds is 3. The fourth-order valence-corrected chi connectivity index (χ4v) is 3.23. The molecule has 0 spiro atoms. The Balaban J connectivity index is 2.50. The second-order valence-corrected chi connectivity index (χ2v) is 6.77. The summed E-state index contributed by atoms with van der Waals surface area (Å²) in [4.78, 5) is 24.5. The quantitative estimate of drug-likeness (QED) is 0.870. The molecule has 0 aliphatic carbocycles. The first-order valence-electron chi connectivity index (χ1n) is 7.17. The van der Waals surface area contributed by atoms with E-state index in [1.807, 2.05) is 58.0 Å². The molecule has 0 radical (unpaired) electrons. The number of nitrogens with one attached hydrogen (secondary N) is 1. The smallest absolute Gasteiger partial charge is 0.313 e. The monoisotopic (exact) mass is 289 g/mol. The van der Waals surface area contributed by atoms with Crippen LogP contribution in [0.5, 0.6) is 0 Å². The molecule has 4 heteroatoms. The molecule has 1 fully saturated rings. The molecule has 1 aromatic carbocycles. The highest BCUT2D eigenvalue weighted by atomic mass is 16.5. The maximum atomic E-state index is 12.4. The van der Waals surface area contributed by atoms with E-state index in [1.54, 1.807) is 0 Å². The normalized spacial score (nSPS) is 24.5. The first-order chi connectivity index (χ1) is 9.72. The summed E-state index contributed by atoms with van der Waals surface area (Å²) in [6, 6.07) is 9.57. The number of esters is 1. The second kappa shape index (κ2) is 5.17. The molecular weight excluding hydrogens is 266 g/mol. The summed E-state index contributed by atoms with van der Waals surface area (Å²) in [5.74, 6) is -0.426. The molecule has 21 heavy (non-hydrogen) atoms. The molecule has 0 bridgehead atoms. The molecule has 1 saturated heterocycles. The van der Waals surface area contributed by atoms with Crippen molar-refractivity contribution in [2.24, 2.45) is 10.8 Å². The minimum atomic E-state index is -0.793. The van der Waals surface area contributed by atoms with E-state index >= 15 is 0 Å². The number of hydrogen-bond donors (Lipinski definition) is 1. The number of hydrogen-bond acceptors (Lipinski definition) is 3. The van der Waals surface area contributed by atoms with E-state index in [0.717, 1.165) is 5.56 Å². The molecule has 0 aromatic heterocycles. The van der Waals surface area contributed by atoms with Crippen LogP contribution >= 0.6 is 0 Å². The van der Waals surface area contributed by atoms with E-state index in [4.69, 9.17) is 4.74 Å². The second-order valence-electron chi connectivity index (χ2n) is 6.77. The molecule has 2 atom stereocenters. The molecule has 1 aliphatic rings. The predicted octanol–water partition coefficient (Wildman–Crippen LogP) is 2.49. The molecule has 0 unspecified atom stereocenters. The lowest BCUT2D eigenvalue weighted by Crippen LogP contribution is -2.47. The van der Waals surface area contributed by atoms with Crippen LogP contribution in [-0.4, -0.2) is 25.0 Å². The lowest BCUT2D eigenvalue weighted by Gasteiger charge is -2.35. The molecule has 2 rings (SSSR count). The molecule has 4 nitrogen and oxygen atoms in total. The maximum Gasteiger partial charge on any atom is 0.313 e. The zero-order valence-electron chi connectivity index (χ0n) is 13.3. The van der Waals surface area contributed by atoms with E-state index in [1.165, 1.54) is 7.11 Å². The summed E-state index contributed by atoms with van der Waals surface area (Å²) >= 11 is 0. The number of methoxy groups -OCH3 is 1. The topological polar surface area (TPSA) is 55.4 Å². The molecule has 1 aliphatic heterocycles. The van der Waals surface area contributed by atoms with E-state index in [0.29, 0.717) is 0 Å². The lowest BCUT2D eigenvalue weighted by atomic mass is 9.67. The van der Waals surface area contributed by atoms with Gasteiger partial charge in [0.05, 0.1) is 24.0 Å². The van der Waals surface area contributed by atoms with Gasteiger partial charge in [-0.15, -0.1) is 0 Å². The van der Waals surface area contributed by atoms with Crippen LogP contribution in [-0.2, 0) is 14.3 Å². The molecule has 114 valence electrons. The average Bonchev–Trinajstić information content (AvgIpc) is 2.70. The van der Waals surface area contributed by atoms with Gasteiger partial charge in [0.2, 0.25) is 5.91 Å². The summed E-state index contributed by atoms with van der Waals surface area (Å²) < 4.78 is 4.92. The van der Waals surface area contributed by atoms with Crippen molar-refractivity contribution in [2.45, 2.75) is 39.7 Å². The minimum Gasteiger partial charge on any atom is -0.469 e. The van der Waals surface area contributed by atoms with Crippen molar-refractivity contribution in [1.29, 1.82) is 0 Å². The van der Waals surface area contributed by atoms with Gasteiger partial charge in [0.25, 0.3) is 0 Å². The lowest BCUT2D eigenvalue weighted by molar-refractivity contribution is -0.152. The van der Waals surface area contributed by atoms with Crippen molar-refractivity contribution in [2.75, 3.05) is 7.11 Å². The zero-order valence-corrected chi connectivity index (χ0v) is 13.3. The summed E-state index contributed by atoms with van der Waals surface area (Å²) in [7, 11) is 1.38. The SMILES string of the molecule is COC(=O)C(C)(C)[C@H]1NC(=O)C(C)(C)[C@@H]1c1ccccc1. The van der Waals surface area contributed by atoms with Gasteiger partial charge >= 0.3 is 5.97 Å². The van der Waals surface area contributed by atoms with Crippen molar-refractivity contribution < 1.29 is 14.3 Å². The fourth-order valence-electron chi connectivity index (χ4n) is 3.23. The van der Waals surface area contributed by atoms with Gasteiger partial charge < -0.3 is 10.1 Å². The number of carbonyl (C=O) groups is 2. The molecule has 0 saturated carbocycles. The Kier molecular flexibility index (Phi) is 3.83. The fraction of sp³-hybridized carbons (Fsp3) is 0.529. The Hall–Kier alpha value is -1.84. The number of ether oxygens (including phenoxy) is 1. The summed E-state index contributed by atoms with van der Waals surface area (Å²) in [6.07, 6.45) is 0. The Bertz CT molecular complexity index is 548. The largest absolute Gasteiger partial charge is 0.469 e. The van der Waals surface area contributed by atoms with Gasteiger partial charge in [-0.2, -0.15) is 0 Å². The van der Waals surface area contributed by atoms with Crippen LogP contribution in [0.25, 0.3) is 0 Å². The van der Waals surface area contributed by atoms with Gasteiger partial charge in [0.15, 0.2) is 0 Å². The van der Waals surface area contributed by atoms with Crippen LogP contribution in [0, 0.1) is 10.8 Å². The van der Waals surface area contributed by atoms with Crippen LogP contribution < -0.4 is 5.32 Å². The third-order valence-corrected chi connectivity index (χ3v) is 4.63. The Morgan fingerprint density at radius 1 is 1.24 bits per heavy atom. The van der Waals surface area contributed by atoms with Gasteiger partial charge in [0, 0.05) is 5.92 Å². The van der Waals surface area contributed by atoms with Crippen molar-refractivity contribution in [3.05, 3.63) is 35.9 Å². The minimum absolute atomic E-state index is 0.0293. The van der Waals surface area contributed by atoms with E-state index in [2.05, 4.69) is 5.32 Å². The van der Waals surface area contributed by atoms with E-state index in [-0.39, 0.29) is 23.8 Å². The Morgan fingerprint density at radius 3 is 2.33 bits per heavy atom. The van der Waals surface area contributed by atoms with Gasteiger partial charge in [-0.25, -0.2) is 0 Å². The Labute approximate surface area is 125 Å². The van der Waals surface area contributed by atoms with Crippen LogP contribution in [0.4, 0.5) is 0 Å². The van der Waals surface area contributed by atoms with Crippen LogP contribution in [0.15, 0.2) is 30.3 Å². The molecule has 1 amide bonds. The van der Waals surface area contributed by atoms with E-state index in [9.17, 15) is 9.59 Å².